The third-order valence-electron chi connectivity index (χ3n) is 3.44. The smallest absolute Gasteiger partial charge is 0.331 e. The lowest BCUT2D eigenvalue weighted by molar-refractivity contribution is -0.142. The van der Waals surface area contributed by atoms with Gasteiger partial charge in [-0.15, -0.1) is 0 Å². The van der Waals surface area contributed by atoms with E-state index >= 15 is 0 Å². The molecule has 0 radical (unpaired) electrons. The summed E-state index contributed by atoms with van der Waals surface area (Å²) >= 11 is 0. The molecular weight excluding hydrogens is 282 g/mol. The number of aliphatic carboxylic acids is 2. The summed E-state index contributed by atoms with van der Waals surface area (Å²) < 4.78 is 26.4. The Morgan fingerprint density at radius 1 is 1.19 bits per heavy atom. The van der Waals surface area contributed by atoms with Crippen LogP contribution in [0.5, 0.6) is 0 Å². The normalized spacial score (nSPS) is 21.5. The first-order valence-corrected chi connectivity index (χ1v) is 6.08. The first-order chi connectivity index (χ1) is 9.76. The van der Waals surface area contributed by atoms with Crippen LogP contribution in [0.3, 0.4) is 0 Å². The first kappa shape index (κ1) is 14.9. The summed E-state index contributed by atoms with van der Waals surface area (Å²) in [4.78, 5) is 22.8. The van der Waals surface area contributed by atoms with Crippen molar-refractivity contribution in [1.29, 1.82) is 0 Å². The Morgan fingerprint density at radius 3 is 2.38 bits per heavy atom. The number of benzene rings is 1. The van der Waals surface area contributed by atoms with Crippen LogP contribution < -0.4 is 0 Å². The number of hydrogen-bond acceptors (Lipinski definition) is 2. The first-order valence-electron chi connectivity index (χ1n) is 6.08. The average Bonchev–Trinajstić information content (AvgIpc) is 2.40. The van der Waals surface area contributed by atoms with Gasteiger partial charge in [0, 0.05) is 12.0 Å². The number of rotatable bonds is 3. The zero-order valence-corrected chi connectivity index (χ0v) is 11.1. The van der Waals surface area contributed by atoms with Crippen LogP contribution in [0.2, 0.25) is 0 Å². The van der Waals surface area contributed by atoms with Crippen molar-refractivity contribution in [3.05, 3.63) is 58.7 Å². The van der Waals surface area contributed by atoms with Crippen molar-refractivity contribution in [1.82, 2.24) is 0 Å². The number of carbonyl (C=O) groups is 2. The third-order valence-corrected chi connectivity index (χ3v) is 3.44. The minimum absolute atomic E-state index is 0.0000926. The van der Waals surface area contributed by atoms with Gasteiger partial charge in [-0.25, -0.2) is 13.6 Å². The van der Waals surface area contributed by atoms with E-state index in [0.29, 0.717) is 5.57 Å². The molecule has 0 bridgehead atoms. The lowest BCUT2D eigenvalue weighted by Crippen LogP contribution is -2.37. The summed E-state index contributed by atoms with van der Waals surface area (Å²) in [6, 6.07) is 2.77. The molecule has 2 N–H and O–H groups in total. The van der Waals surface area contributed by atoms with Crippen LogP contribution in [0.25, 0.3) is 0 Å². The van der Waals surface area contributed by atoms with E-state index in [4.69, 9.17) is 5.11 Å². The van der Waals surface area contributed by atoms with Gasteiger partial charge in [-0.2, -0.15) is 0 Å². The third kappa shape index (κ3) is 2.56. The Labute approximate surface area is 119 Å². The average molecular weight is 294 g/mol. The second-order valence-electron chi connectivity index (χ2n) is 4.95. The van der Waals surface area contributed by atoms with Gasteiger partial charge in [-0.3, -0.25) is 4.79 Å². The van der Waals surface area contributed by atoms with Crippen molar-refractivity contribution >= 4 is 11.9 Å². The Kier molecular flexibility index (Phi) is 3.63. The molecule has 1 aromatic carbocycles. The molecule has 1 aromatic rings. The quantitative estimate of drug-likeness (QED) is 0.898. The molecule has 6 heteroatoms. The summed E-state index contributed by atoms with van der Waals surface area (Å²) in [6.07, 6.45) is 2.39. The second kappa shape index (κ2) is 5.12. The summed E-state index contributed by atoms with van der Waals surface area (Å²) in [5, 5.41) is 18.6. The van der Waals surface area contributed by atoms with Gasteiger partial charge in [-0.1, -0.05) is 17.7 Å². The van der Waals surface area contributed by atoms with E-state index in [1.54, 1.807) is 6.92 Å². The van der Waals surface area contributed by atoms with Gasteiger partial charge in [0.1, 0.15) is 5.41 Å². The Bertz CT molecular complexity index is 691. The van der Waals surface area contributed by atoms with Crippen molar-refractivity contribution in [3.8, 4) is 0 Å². The van der Waals surface area contributed by atoms with Gasteiger partial charge in [-0.05, 0) is 30.7 Å². The van der Waals surface area contributed by atoms with E-state index in [1.165, 1.54) is 12.2 Å². The second-order valence-corrected chi connectivity index (χ2v) is 4.95. The summed E-state index contributed by atoms with van der Waals surface area (Å²) in [7, 11) is 0. The van der Waals surface area contributed by atoms with Crippen molar-refractivity contribution in [2.24, 2.45) is 0 Å². The molecule has 1 unspecified atom stereocenters. The fourth-order valence-corrected chi connectivity index (χ4v) is 2.46. The monoisotopic (exact) mass is 294 g/mol. The predicted octanol–water partition coefficient (Wildman–Crippen LogP) is 2.65. The van der Waals surface area contributed by atoms with Gasteiger partial charge in [0.15, 0.2) is 11.6 Å². The molecule has 0 aromatic heterocycles. The van der Waals surface area contributed by atoms with Gasteiger partial charge < -0.3 is 10.2 Å². The topological polar surface area (TPSA) is 74.6 Å². The highest BCUT2D eigenvalue weighted by Gasteiger charge is 2.42. The van der Waals surface area contributed by atoms with Gasteiger partial charge in [0.05, 0.1) is 0 Å². The van der Waals surface area contributed by atoms with E-state index in [9.17, 15) is 23.5 Å². The fraction of sp³-hybridized carbons (Fsp3) is 0.200. The van der Waals surface area contributed by atoms with E-state index in [2.05, 4.69) is 0 Å². The van der Waals surface area contributed by atoms with Crippen LogP contribution in [0.15, 0.2) is 41.5 Å². The molecule has 0 saturated heterocycles. The Balaban J connectivity index is 2.63. The van der Waals surface area contributed by atoms with E-state index in [-0.39, 0.29) is 17.6 Å². The minimum atomic E-state index is -1.72. The zero-order valence-electron chi connectivity index (χ0n) is 11.1. The molecule has 0 fully saturated rings. The van der Waals surface area contributed by atoms with Crippen LogP contribution in [0, 0.1) is 11.6 Å². The summed E-state index contributed by atoms with van der Waals surface area (Å²) in [5.74, 6) is -4.83. The highest BCUT2D eigenvalue weighted by molar-refractivity contribution is 5.93. The largest absolute Gasteiger partial charge is 0.480 e. The number of allylic oxidation sites excluding steroid dienone is 2. The molecule has 0 aliphatic heterocycles. The SMILES string of the molecule is CC1=CC(C(=O)O)(c2ccc(F)c(F)c2)CC(C(=O)O)=C1. The number of carboxylic acid groups (broad SMARTS) is 2. The van der Waals surface area contributed by atoms with Crippen molar-refractivity contribution in [3.63, 3.8) is 0 Å². The van der Waals surface area contributed by atoms with Crippen molar-refractivity contribution in [2.75, 3.05) is 0 Å². The van der Waals surface area contributed by atoms with E-state index in [0.717, 1.165) is 18.2 Å². The standard InChI is InChI=1S/C15H12F2O4/c1-8-4-9(13(18)19)7-15(6-8,14(20)21)10-2-3-11(16)12(17)5-10/h2-6H,7H2,1H3,(H,18,19)(H,20,21). The number of halogens is 2. The molecule has 1 atom stereocenters. The van der Waals surface area contributed by atoms with Crippen LogP contribution in [0.1, 0.15) is 18.9 Å². The molecule has 2 rings (SSSR count). The molecular formula is C15H12F2O4. The summed E-state index contributed by atoms with van der Waals surface area (Å²) in [6.45, 7) is 1.56. The van der Waals surface area contributed by atoms with E-state index in [1.807, 2.05) is 0 Å². The maximum absolute atomic E-state index is 13.4. The maximum Gasteiger partial charge on any atom is 0.331 e. The fourth-order valence-electron chi connectivity index (χ4n) is 2.46. The highest BCUT2D eigenvalue weighted by Crippen LogP contribution is 2.38. The minimum Gasteiger partial charge on any atom is -0.480 e. The molecule has 110 valence electrons. The molecule has 1 aliphatic rings. The van der Waals surface area contributed by atoms with Crippen molar-refractivity contribution in [2.45, 2.75) is 18.8 Å². The molecule has 1 aliphatic carbocycles. The lowest BCUT2D eigenvalue weighted by atomic mass is 9.71. The van der Waals surface area contributed by atoms with Crippen LogP contribution in [-0.4, -0.2) is 22.2 Å². The number of carboxylic acids is 2. The van der Waals surface area contributed by atoms with Gasteiger partial charge in [0.25, 0.3) is 0 Å². The summed E-state index contributed by atoms with van der Waals surface area (Å²) in [5.41, 5.74) is -1.38. The maximum atomic E-state index is 13.4. The molecule has 0 heterocycles. The van der Waals surface area contributed by atoms with Crippen molar-refractivity contribution < 1.29 is 28.6 Å². The van der Waals surface area contributed by atoms with Gasteiger partial charge >= 0.3 is 11.9 Å². The molecule has 4 nitrogen and oxygen atoms in total. The Morgan fingerprint density at radius 2 is 1.86 bits per heavy atom. The Hall–Kier alpha value is -2.50. The molecule has 0 amide bonds. The lowest BCUT2D eigenvalue weighted by Gasteiger charge is -2.30. The van der Waals surface area contributed by atoms with Gasteiger partial charge in [0.2, 0.25) is 0 Å². The highest BCUT2D eigenvalue weighted by atomic mass is 19.2. The predicted molar refractivity (Wildman–Crippen MR) is 69.8 cm³/mol. The van der Waals surface area contributed by atoms with Crippen LogP contribution >= 0.6 is 0 Å². The zero-order chi connectivity index (χ0) is 15.8. The molecule has 0 saturated carbocycles. The molecule has 0 spiro atoms. The number of hydrogen-bond donors (Lipinski definition) is 2. The molecule has 21 heavy (non-hydrogen) atoms. The van der Waals surface area contributed by atoms with Crippen LogP contribution in [0.4, 0.5) is 8.78 Å². The van der Waals surface area contributed by atoms with Crippen LogP contribution in [-0.2, 0) is 15.0 Å². The van der Waals surface area contributed by atoms with E-state index < -0.39 is 29.0 Å².